The summed E-state index contributed by atoms with van der Waals surface area (Å²) in [7, 11) is 4.03. The van der Waals surface area contributed by atoms with Crippen LogP contribution in [0.25, 0.3) is 0 Å². The molecule has 0 spiro atoms. The minimum Gasteiger partial charge on any atom is -0.378 e. The number of nitrogens with one attached hydrogen (secondary N) is 3. The molecule has 5 heteroatoms. The van der Waals surface area contributed by atoms with Gasteiger partial charge in [0.1, 0.15) is 0 Å². The largest absolute Gasteiger partial charge is 0.378 e. The molecule has 1 aromatic carbocycles. The lowest BCUT2D eigenvalue weighted by Crippen LogP contribution is -2.82. The molecule has 0 aliphatic rings. The first-order chi connectivity index (χ1) is 8.63. The number of nitrogens with zero attached hydrogens (tertiary/aromatic N) is 1. The van der Waals surface area contributed by atoms with E-state index < -0.39 is 0 Å². The van der Waals surface area contributed by atoms with E-state index in [0.29, 0.717) is 11.7 Å². The number of thiocarbonyl (C=S) groups is 1. The Hall–Kier alpha value is -1.88. The van der Waals surface area contributed by atoms with Gasteiger partial charge in [0, 0.05) is 31.9 Å². The van der Waals surface area contributed by atoms with Crippen molar-refractivity contribution in [3.05, 3.63) is 42.5 Å². The van der Waals surface area contributed by atoms with Crippen LogP contribution in [-0.2, 0) is 0 Å². The van der Waals surface area contributed by atoms with Crippen LogP contribution in [0.4, 0.5) is 5.69 Å². The zero-order valence-corrected chi connectivity index (χ0v) is 11.6. The van der Waals surface area contributed by atoms with E-state index in [9.17, 15) is 0 Å². The molecule has 0 atom stereocenters. The molecular weight excluding hydrogens is 244 g/mol. The van der Waals surface area contributed by atoms with Crippen molar-refractivity contribution >= 4 is 29.2 Å². The molecule has 0 saturated heterocycles. The molecular formula is C13H19N4S+. The summed E-state index contributed by atoms with van der Waals surface area (Å²) in [6.45, 7) is 4.24. The van der Waals surface area contributed by atoms with Crippen molar-refractivity contribution in [1.29, 1.82) is 0 Å². The van der Waals surface area contributed by atoms with Crippen LogP contribution in [0.1, 0.15) is 5.56 Å². The molecule has 0 heterocycles. The molecule has 18 heavy (non-hydrogen) atoms. The number of benzene rings is 1. The average molecular weight is 263 g/mol. The molecule has 1 aromatic rings. The van der Waals surface area contributed by atoms with Crippen LogP contribution in [0.3, 0.4) is 0 Å². The van der Waals surface area contributed by atoms with Crippen molar-refractivity contribution < 1.29 is 5.10 Å². The van der Waals surface area contributed by atoms with E-state index in [1.807, 2.05) is 32.4 Å². The smallest absolute Gasteiger partial charge is 0.224 e. The van der Waals surface area contributed by atoms with Gasteiger partial charge in [-0.25, -0.2) is 0 Å². The average Bonchev–Trinajstić information content (AvgIpc) is 2.37. The van der Waals surface area contributed by atoms with Crippen molar-refractivity contribution in [2.24, 2.45) is 0 Å². The lowest BCUT2D eigenvalue weighted by atomic mass is 10.2. The maximum atomic E-state index is 5.03. The second kappa shape index (κ2) is 7.45. The van der Waals surface area contributed by atoms with Gasteiger partial charge >= 0.3 is 0 Å². The SMILES string of the molecule is C=CCNC(=S)N[NH+]=Cc1ccc(N(C)C)cc1. The van der Waals surface area contributed by atoms with Gasteiger partial charge in [0.25, 0.3) is 0 Å². The van der Waals surface area contributed by atoms with Gasteiger partial charge in [-0.3, -0.25) is 0 Å². The van der Waals surface area contributed by atoms with Gasteiger partial charge in [0.05, 0.1) is 0 Å². The van der Waals surface area contributed by atoms with Crippen molar-refractivity contribution in [1.82, 2.24) is 10.7 Å². The van der Waals surface area contributed by atoms with E-state index >= 15 is 0 Å². The first-order valence-corrected chi connectivity index (χ1v) is 6.05. The number of rotatable bonds is 5. The topological polar surface area (TPSA) is 41.3 Å². The van der Waals surface area contributed by atoms with Crippen LogP contribution in [0, 0.1) is 0 Å². The summed E-state index contributed by atoms with van der Waals surface area (Å²) in [5.41, 5.74) is 5.10. The van der Waals surface area contributed by atoms with Gasteiger partial charge in [-0.15, -0.1) is 17.1 Å². The highest BCUT2D eigenvalue weighted by molar-refractivity contribution is 7.80. The Balaban J connectivity index is 2.46. The first-order valence-electron chi connectivity index (χ1n) is 5.64. The number of hydrogen-bond donors (Lipinski definition) is 3. The van der Waals surface area contributed by atoms with E-state index in [4.69, 9.17) is 12.2 Å². The van der Waals surface area contributed by atoms with Gasteiger partial charge in [0.2, 0.25) is 5.11 Å². The zero-order valence-electron chi connectivity index (χ0n) is 10.7. The van der Waals surface area contributed by atoms with Crippen LogP contribution in [0.2, 0.25) is 0 Å². The molecule has 4 nitrogen and oxygen atoms in total. The van der Waals surface area contributed by atoms with Crippen LogP contribution in [0.5, 0.6) is 0 Å². The highest BCUT2D eigenvalue weighted by Crippen LogP contribution is 2.10. The third-order valence-corrected chi connectivity index (χ3v) is 2.49. The molecule has 0 aliphatic carbocycles. The fourth-order valence-corrected chi connectivity index (χ4v) is 1.40. The summed E-state index contributed by atoms with van der Waals surface area (Å²) >= 11 is 5.03. The summed E-state index contributed by atoms with van der Waals surface area (Å²) in [5.74, 6) is 0. The predicted octanol–water partition coefficient (Wildman–Crippen LogP) is -0.183. The summed E-state index contributed by atoms with van der Waals surface area (Å²) in [5, 5.41) is 6.43. The van der Waals surface area contributed by atoms with Crippen LogP contribution in [-0.4, -0.2) is 32.0 Å². The van der Waals surface area contributed by atoms with E-state index in [-0.39, 0.29) is 0 Å². The van der Waals surface area contributed by atoms with E-state index in [0.717, 1.165) is 5.56 Å². The minimum atomic E-state index is 0.538. The number of anilines is 1. The monoisotopic (exact) mass is 263 g/mol. The Kier molecular flexibility index (Phi) is 5.87. The number of hydrogen-bond acceptors (Lipinski definition) is 2. The fraction of sp³-hybridized carbons (Fsp3) is 0.231. The highest BCUT2D eigenvalue weighted by Gasteiger charge is 1.97. The Bertz CT molecular complexity index is 423. The Morgan fingerprint density at radius 2 is 2.06 bits per heavy atom. The Morgan fingerprint density at radius 1 is 1.39 bits per heavy atom. The molecule has 0 radical (unpaired) electrons. The lowest BCUT2D eigenvalue weighted by Gasteiger charge is -2.11. The summed E-state index contributed by atoms with van der Waals surface area (Å²) < 4.78 is 0. The van der Waals surface area contributed by atoms with Crippen LogP contribution < -0.4 is 20.7 Å². The van der Waals surface area contributed by atoms with E-state index in [1.54, 1.807) is 6.08 Å². The normalized spacial score (nSPS) is 10.1. The molecule has 0 aromatic heterocycles. The molecule has 0 saturated carbocycles. The summed E-state index contributed by atoms with van der Waals surface area (Å²) in [6.07, 6.45) is 3.60. The van der Waals surface area contributed by atoms with E-state index in [2.05, 4.69) is 39.5 Å². The summed E-state index contributed by atoms with van der Waals surface area (Å²) in [6, 6.07) is 8.18. The van der Waals surface area contributed by atoms with Crippen molar-refractivity contribution in [3.8, 4) is 0 Å². The minimum absolute atomic E-state index is 0.538. The molecule has 0 aliphatic heterocycles. The molecule has 0 fully saturated rings. The highest BCUT2D eigenvalue weighted by atomic mass is 32.1. The Morgan fingerprint density at radius 3 is 2.61 bits per heavy atom. The summed E-state index contributed by atoms with van der Waals surface area (Å²) in [4.78, 5) is 2.06. The quantitative estimate of drug-likeness (QED) is 0.298. The molecule has 0 unspecified atom stereocenters. The molecule has 3 N–H and O–H groups in total. The fourth-order valence-electron chi connectivity index (χ4n) is 1.26. The number of hydrazine groups is 1. The second-order valence-corrected chi connectivity index (χ2v) is 4.31. The van der Waals surface area contributed by atoms with Gasteiger partial charge in [0.15, 0.2) is 6.21 Å². The van der Waals surface area contributed by atoms with Gasteiger partial charge in [-0.05, 0) is 36.5 Å². The van der Waals surface area contributed by atoms with Gasteiger partial charge in [-0.1, -0.05) is 6.08 Å². The molecule has 1 rings (SSSR count). The maximum Gasteiger partial charge on any atom is 0.224 e. The maximum absolute atomic E-state index is 5.03. The molecule has 0 bridgehead atoms. The van der Waals surface area contributed by atoms with Gasteiger partial charge in [-0.2, -0.15) is 0 Å². The predicted molar refractivity (Wildman–Crippen MR) is 80.8 cm³/mol. The standard InChI is InChI=1S/C13H18N4S/c1-4-9-14-13(18)16-15-10-11-5-7-12(8-6-11)17(2)3/h4-8,10H,1,9H2,2-3H3,(H2,14,16,18)/p+1. The van der Waals surface area contributed by atoms with Crippen LogP contribution >= 0.6 is 12.2 Å². The first kappa shape index (κ1) is 14.2. The second-order valence-electron chi connectivity index (χ2n) is 3.90. The van der Waals surface area contributed by atoms with Gasteiger partial charge < -0.3 is 10.2 Å². The van der Waals surface area contributed by atoms with Crippen molar-refractivity contribution in [3.63, 3.8) is 0 Å². The van der Waals surface area contributed by atoms with Crippen molar-refractivity contribution in [2.75, 3.05) is 25.5 Å². The third kappa shape index (κ3) is 4.97. The number of hydrazone groups is 1. The third-order valence-electron chi connectivity index (χ3n) is 2.24. The lowest BCUT2D eigenvalue weighted by molar-refractivity contribution is -0.500. The molecule has 0 amide bonds. The van der Waals surface area contributed by atoms with Crippen LogP contribution in [0.15, 0.2) is 36.9 Å². The van der Waals surface area contributed by atoms with E-state index in [1.165, 1.54) is 5.69 Å². The Labute approximate surface area is 113 Å². The molecule has 96 valence electrons. The zero-order chi connectivity index (χ0) is 13.4. The van der Waals surface area contributed by atoms with Crippen molar-refractivity contribution in [2.45, 2.75) is 0 Å².